The number of ether oxygens (including phenoxy) is 1. The van der Waals surface area contributed by atoms with Gasteiger partial charge in [-0.1, -0.05) is 22.8 Å². The largest absolute Gasteiger partial charge is 0.495 e. The lowest BCUT2D eigenvalue weighted by atomic mass is 10.2. The Kier molecular flexibility index (Phi) is 3.29. The summed E-state index contributed by atoms with van der Waals surface area (Å²) in [6.45, 7) is 0.499. The number of methoxy groups -OCH3 is 1. The van der Waals surface area contributed by atoms with Gasteiger partial charge < -0.3 is 15.9 Å². The summed E-state index contributed by atoms with van der Waals surface area (Å²) in [5.41, 5.74) is 9.39. The van der Waals surface area contributed by atoms with Gasteiger partial charge in [0.25, 0.3) is 5.95 Å². The number of benzene rings is 1. The smallest absolute Gasteiger partial charge is 0.260 e. The van der Waals surface area contributed by atoms with E-state index in [2.05, 4.69) is 21.0 Å². The molecule has 17 heavy (non-hydrogen) atoms. The van der Waals surface area contributed by atoms with E-state index in [-0.39, 0.29) is 5.95 Å². The molecule has 0 atom stereocenters. The van der Waals surface area contributed by atoms with Crippen molar-refractivity contribution < 1.29 is 4.74 Å². The molecule has 1 aromatic heterocycles. The first-order valence-corrected chi connectivity index (χ1v) is 5.18. The molecule has 0 saturated heterocycles. The average molecular weight is 255 g/mol. The molecule has 7 nitrogen and oxygen atoms in total. The van der Waals surface area contributed by atoms with Gasteiger partial charge in [0.2, 0.25) is 0 Å². The van der Waals surface area contributed by atoms with Crippen LogP contribution in [0.5, 0.6) is 5.75 Å². The molecule has 0 fully saturated rings. The molecule has 0 aliphatic rings. The standard InChI is InChI=1S/C9H11ClN6O/c1-17-8-3-2-6(4-7(8)10)5-12-16-9(11)13-14-15-16/h2-4,12H,5H2,1H3,(H2,11,13,15). The van der Waals surface area contributed by atoms with E-state index >= 15 is 0 Å². The van der Waals surface area contributed by atoms with Gasteiger partial charge in [-0.05, 0) is 28.1 Å². The van der Waals surface area contributed by atoms with E-state index in [1.807, 2.05) is 6.07 Å². The van der Waals surface area contributed by atoms with Crippen LogP contribution in [0, 0.1) is 0 Å². The van der Waals surface area contributed by atoms with Crippen molar-refractivity contribution in [3.05, 3.63) is 28.8 Å². The number of nitrogen functional groups attached to an aromatic ring is 1. The summed E-state index contributed by atoms with van der Waals surface area (Å²) in [4.78, 5) is 1.29. The third kappa shape index (κ3) is 2.56. The highest BCUT2D eigenvalue weighted by Crippen LogP contribution is 2.24. The summed E-state index contributed by atoms with van der Waals surface area (Å²) < 4.78 is 5.06. The molecule has 0 spiro atoms. The Balaban J connectivity index is 2.05. The zero-order valence-electron chi connectivity index (χ0n) is 9.09. The molecule has 1 heterocycles. The van der Waals surface area contributed by atoms with Crippen LogP contribution in [0.25, 0.3) is 0 Å². The number of nitrogens with zero attached hydrogens (tertiary/aromatic N) is 4. The Hall–Kier alpha value is -2.02. The molecule has 0 aliphatic carbocycles. The predicted molar refractivity (Wildman–Crippen MR) is 63.3 cm³/mol. The molecule has 0 amide bonds. The summed E-state index contributed by atoms with van der Waals surface area (Å²) in [6, 6.07) is 5.48. The lowest BCUT2D eigenvalue weighted by molar-refractivity contribution is 0.415. The minimum absolute atomic E-state index is 0.199. The normalized spacial score (nSPS) is 10.2. The molecule has 0 radical (unpaired) electrons. The molecule has 1 aromatic carbocycles. The van der Waals surface area contributed by atoms with Crippen LogP contribution in [0.3, 0.4) is 0 Å². The predicted octanol–water partition coefficient (Wildman–Crippen LogP) is 0.661. The number of hydrogen-bond donors (Lipinski definition) is 2. The van der Waals surface area contributed by atoms with Crippen molar-refractivity contribution in [1.29, 1.82) is 0 Å². The van der Waals surface area contributed by atoms with E-state index in [0.29, 0.717) is 17.3 Å². The van der Waals surface area contributed by atoms with Gasteiger partial charge >= 0.3 is 0 Å². The zero-order valence-corrected chi connectivity index (χ0v) is 9.85. The zero-order chi connectivity index (χ0) is 12.3. The fourth-order valence-electron chi connectivity index (χ4n) is 1.29. The van der Waals surface area contributed by atoms with Crippen LogP contribution < -0.4 is 15.9 Å². The van der Waals surface area contributed by atoms with Crippen LogP contribution in [-0.4, -0.2) is 27.4 Å². The van der Waals surface area contributed by atoms with Gasteiger partial charge in [-0.25, -0.2) is 0 Å². The first kappa shape index (κ1) is 11.5. The monoisotopic (exact) mass is 254 g/mol. The number of anilines is 1. The molecule has 0 bridgehead atoms. The van der Waals surface area contributed by atoms with E-state index in [1.54, 1.807) is 19.2 Å². The Bertz CT molecular complexity index is 514. The number of aromatic nitrogens is 4. The van der Waals surface area contributed by atoms with E-state index in [1.165, 1.54) is 4.79 Å². The van der Waals surface area contributed by atoms with Crippen LogP contribution >= 0.6 is 11.6 Å². The lowest BCUT2D eigenvalue weighted by Gasteiger charge is -2.08. The van der Waals surface area contributed by atoms with Gasteiger partial charge in [0.15, 0.2) is 0 Å². The molecule has 2 rings (SSSR count). The Morgan fingerprint density at radius 3 is 2.94 bits per heavy atom. The number of tetrazole rings is 1. The molecule has 3 N–H and O–H groups in total. The number of nitrogens with two attached hydrogens (primary N) is 1. The summed E-state index contributed by atoms with van der Waals surface area (Å²) >= 11 is 6.00. The molecule has 2 aromatic rings. The minimum Gasteiger partial charge on any atom is -0.495 e. The fourth-order valence-corrected chi connectivity index (χ4v) is 1.57. The maximum Gasteiger partial charge on any atom is 0.260 e. The number of halogens is 1. The van der Waals surface area contributed by atoms with Crippen molar-refractivity contribution in [2.45, 2.75) is 6.54 Å². The molecule has 0 unspecified atom stereocenters. The summed E-state index contributed by atoms with van der Waals surface area (Å²) in [7, 11) is 1.57. The second-order valence-electron chi connectivity index (χ2n) is 3.25. The van der Waals surface area contributed by atoms with Gasteiger partial charge in [0.1, 0.15) is 5.75 Å². The lowest BCUT2D eigenvalue weighted by Crippen LogP contribution is -2.18. The highest BCUT2D eigenvalue weighted by molar-refractivity contribution is 6.32. The highest BCUT2D eigenvalue weighted by atomic mass is 35.5. The molecule has 8 heteroatoms. The van der Waals surface area contributed by atoms with Crippen LogP contribution in [0.2, 0.25) is 5.02 Å². The van der Waals surface area contributed by atoms with Gasteiger partial charge in [0.05, 0.1) is 18.7 Å². The van der Waals surface area contributed by atoms with Gasteiger partial charge in [0, 0.05) is 0 Å². The Labute approximate surface area is 102 Å². The van der Waals surface area contributed by atoms with Crippen molar-refractivity contribution >= 4 is 17.5 Å². The SMILES string of the molecule is COc1ccc(CNn2nnnc2N)cc1Cl. The van der Waals surface area contributed by atoms with Crippen molar-refractivity contribution in [1.82, 2.24) is 20.3 Å². The van der Waals surface area contributed by atoms with Gasteiger partial charge in [-0.2, -0.15) is 0 Å². The third-order valence-corrected chi connectivity index (χ3v) is 2.44. The first-order chi connectivity index (χ1) is 8.20. The van der Waals surface area contributed by atoms with Gasteiger partial charge in [-0.3, -0.25) is 0 Å². The molecular formula is C9H11ClN6O. The summed E-state index contributed by atoms with van der Waals surface area (Å²) in [5.74, 6) is 0.835. The summed E-state index contributed by atoms with van der Waals surface area (Å²) in [6.07, 6.45) is 0. The van der Waals surface area contributed by atoms with Crippen LogP contribution in [0.4, 0.5) is 5.95 Å². The molecule has 0 saturated carbocycles. The van der Waals surface area contributed by atoms with Crippen molar-refractivity contribution in [3.8, 4) is 5.75 Å². The minimum atomic E-state index is 0.199. The van der Waals surface area contributed by atoms with E-state index in [9.17, 15) is 0 Å². The number of rotatable bonds is 4. The number of hydrogen-bond acceptors (Lipinski definition) is 6. The van der Waals surface area contributed by atoms with E-state index < -0.39 is 0 Å². The quantitative estimate of drug-likeness (QED) is 0.833. The average Bonchev–Trinajstić information content (AvgIpc) is 2.72. The second kappa shape index (κ2) is 4.88. The van der Waals surface area contributed by atoms with E-state index in [4.69, 9.17) is 22.1 Å². The van der Waals surface area contributed by atoms with Crippen LogP contribution in [0.15, 0.2) is 18.2 Å². The number of nitrogens with one attached hydrogen (secondary N) is 1. The van der Waals surface area contributed by atoms with E-state index in [0.717, 1.165) is 5.56 Å². The van der Waals surface area contributed by atoms with Crippen LogP contribution in [0.1, 0.15) is 5.56 Å². The summed E-state index contributed by atoms with van der Waals surface area (Å²) in [5, 5.41) is 11.2. The van der Waals surface area contributed by atoms with Crippen molar-refractivity contribution in [3.63, 3.8) is 0 Å². The van der Waals surface area contributed by atoms with Gasteiger partial charge in [-0.15, -0.1) is 4.79 Å². The fraction of sp³-hybridized carbons (Fsp3) is 0.222. The maximum atomic E-state index is 6.00. The van der Waals surface area contributed by atoms with Crippen LogP contribution in [-0.2, 0) is 6.54 Å². The maximum absolute atomic E-state index is 6.00. The Morgan fingerprint density at radius 1 is 1.53 bits per heavy atom. The second-order valence-corrected chi connectivity index (χ2v) is 3.66. The van der Waals surface area contributed by atoms with Crippen molar-refractivity contribution in [2.75, 3.05) is 18.3 Å². The first-order valence-electron chi connectivity index (χ1n) is 4.81. The molecule has 90 valence electrons. The highest BCUT2D eigenvalue weighted by Gasteiger charge is 2.03. The third-order valence-electron chi connectivity index (χ3n) is 2.14. The Morgan fingerprint density at radius 2 is 2.35 bits per heavy atom. The van der Waals surface area contributed by atoms with Crippen molar-refractivity contribution in [2.24, 2.45) is 0 Å². The topological polar surface area (TPSA) is 90.9 Å². The molecule has 0 aliphatic heterocycles. The molecular weight excluding hydrogens is 244 g/mol.